The molecule has 1 aromatic carbocycles. The summed E-state index contributed by atoms with van der Waals surface area (Å²) in [6, 6.07) is 8.85. The first-order valence-electron chi connectivity index (χ1n) is 7.99. The van der Waals surface area contributed by atoms with Crippen LogP contribution >= 0.6 is 23.4 Å². The predicted octanol–water partition coefficient (Wildman–Crippen LogP) is 3.69. The highest BCUT2D eigenvalue weighted by atomic mass is 35.5. The average molecular weight is 409 g/mol. The van der Waals surface area contributed by atoms with Crippen LogP contribution in [0.3, 0.4) is 0 Å². The van der Waals surface area contributed by atoms with Crippen LogP contribution in [0.25, 0.3) is 0 Å². The molecule has 5 nitrogen and oxygen atoms in total. The Labute approximate surface area is 162 Å². The second-order valence-corrected chi connectivity index (χ2v) is 9.16. The Balaban J connectivity index is 2.03. The van der Waals surface area contributed by atoms with E-state index in [9.17, 15) is 13.2 Å². The van der Waals surface area contributed by atoms with Gasteiger partial charge < -0.3 is 0 Å². The third-order valence-corrected chi connectivity index (χ3v) is 6.89. The van der Waals surface area contributed by atoms with Crippen LogP contribution in [0.5, 0.6) is 0 Å². The van der Waals surface area contributed by atoms with Gasteiger partial charge in [0.05, 0.1) is 10.9 Å². The van der Waals surface area contributed by atoms with Crippen molar-refractivity contribution in [3.05, 3.63) is 71.0 Å². The molecule has 1 aliphatic heterocycles. The van der Waals surface area contributed by atoms with Crippen molar-refractivity contribution >= 4 is 38.5 Å². The number of pyridine rings is 1. The van der Waals surface area contributed by atoms with E-state index in [0.29, 0.717) is 21.9 Å². The third kappa shape index (κ3) is 3.71. The maximum atomic E-state index is 13.2. The lowest BCUT2D eigenvalue weighted by Crippen LogP contribution is -2.33. The summed E-state index contributed by atoms with van der Waals surface area (Å²) in [5.41, 5.74) is 1.14. The van der Waals surface area contributed by atoms with Gasteiger partial charge in [0.2, 0.25) is 15.1 Å². The quantitative estimate of drug-likeness (QED) is 0.754. The van der Waals surface area contributed by atoms with E-state index in [0.717, 1.165) is 0 Å². The molecule has 1 unspecified atom stereocenters. The molecule has 1 aliphatic rings. The van der Waals surface area contributed by atoms with Crippen molar-refractivity contribution in [1.29, 1.82) is 0 Å². The SMILES string of the molecule is CCSC(=O)C1=CCN(S(=O)(=O)c2ccc(Cl)cc2)C1c1cccnc1. The van der Waals surface area contributed by atoms with Crippen molar-refractivity contribution in [2.45, 2.75) is 17.9 Å². The molecule has 0 fully saturated rings. The van der Waals surface area contributed by atoms with Crippen molar-refractivity contribution in [1.82, 2.24) is 9.29 Å². The Kier molecular flexibility index (Phi) is 5.82. The minimum Gasteiger partial charge on any atom is -0.282 e. The molecule has 0 radical (unpaired) electrons. The van der Waals surface area contributed by atoms with Crippen LogP contribution < -0.4 is 0 Å². The summed E-state index contributed by atoms with van der Waals surface area (Å²) in [4.78, 5) is 16.7. The zero-order valence-corrected chi connectivity index (χ0v) is 16.4. The van der Waals surface area contributed by atoms with Crippen molar-refractivity contribution in [3.8, 4) is 0 Å². The molecular formula is C18H17ClN2O3S2. The summed E-state index contributed by atoms with van der Waals surface area (Å²) in [6.45, 7) is 2.02. The van der Waals surface area contributed by atoms with Crippen LogP contribution in [0, 0.1) is 0 Å². The van der Waals surface area contributed by atoms with E-state index >= 15 is 0 Å². The largest absolute Gasteiger partial charge is 0.282 e. The number of nitrogens with zero attached hydrogens (tertiary/aromatic N) is 2. The molecule has 0 saturated carbocycles. The number of aromatic nitrogens is 1. The number of thioether (sulfide) groups is 1. The molecule has 0 spiro atoms. The number of hydrogen-bond acceptors (Lipinski definition) is 5. The van der Waals surface area contributed by atoms with Crippen LogP contribution in [0.4, 0.5) is 0 Å². The third-order valence-electron chi connectivity index (χ3n) is 4.01. The maximum Gasteiger partial charge on any atom is 0.244 e. The normalized spacial score (nSPS) is 17.9. The lowest BCUT2D eigenvalue weighted by atomic mass is 10.0. The number of carbonyl (C=O) groups excluding carboxylic acids is 1. The first-order chi connectivity index (χ1) is 12.4. The molecule has 0 bridgehead atoms. The van der Waals surface area contributed by atoms with Gasteiger partial charge in [0.1, 0.15) is 0 Å². The molecule has 0 amide bonds. The zero-order valence-electron chi connectivity index (χ0n) is 14.0. The fourth-order valence-electron chi connectivity index (χ4n) is 2.83. The van der Waals surface area contributed by atoms with Gasteiger partial charge in [-0.3, -0.25) is 9.78 Å². The second-order valence-electron chi connectivity index (χ2n) is 5.60. The van der Waals surface area contributed by atoms with Gasteiger partial charge in [-0.1, -0.05) is 42.4 Å². The van der Waals surface area contributed by atoms with Gasteiger partial charge in [-0.25, -0.2) is 8.42 Å². The molecule has 2 aromatic rings. The van der Waals surface area contributed by atoms with E-state index in [1.807, 2.05) is 6.92 Å². The number of benzene rings is 1. The second kappa shape index (κ2) is 7.92. The Morgan fingerprint density at radius 1 is 1.31 bits per heavy atom. The number of sulfonamides is 1. The minimum absolute atomic E-state index is 0.116. The van der Waals surface area contributed by atoms with Crippen LogP contribution in [-0.2, 0) is 14.8 Å². The van der Waals surface area contributed by atoms with Gasteiger partial charge in [0.25, 0.3) is 0 Å². The van der Waals surface area contributed by atoms with Crippen molar-refractivity contribution < 1.29 is 13.2 Å². The molecule has 136 valence electrons. The Morgan fingerprint density at radius 3 is 2.65 bits per heavy atom. The van der Waals surface area contributed by atoms with Gasteiger partial charge in [-0.05, 0) is 41.6 Å². The molecule has 0 aliphatic carbocycles. The molecule has 0 saturated heterocycles. The van der Waals surface area contributed by atoms with Crippen LogP contribution in [0.2, 0.25) is 5.02 Å². The topological polar surface area (TPSA) is 67.3 Å². The lowest BCUT2D eigenvalue weighted by Gasteiger charge is -2.26. The van der Waals surface area contributed by atoms with E-state index in [-0.39, 0.29) is 16.6 Å². The van der Waals surface area contributed by atoms with E-state index in [2.05, 4.69) is 4.98 Å². The summed E-state index contributed by atoms with van der Waals surface area (Å²) in [7, 11) is -3.80. The maximum absolute atomic E-state index is 13.2. The van der Waals surface area contributed by atoms with Crippen molar-refractivity contribution in [2.75, 3.05) is 12.3 Å². The predicted molar refractivity (Wildman–Crippen MR) is 104 cm³/mol. The minimum atomic E-state index is -3.80. The van der Waals surface area contributed by atoms with Crippen LogP contribution in [0.15, 0.2) is 65.3 Å². The van der Waals surface area contributed by atoms with Gasteiger partial charge in [-0.2, -0.15) is 4.31 Å². The number of hydrogen-bond donors (Lipinski definition) is 0. The first kappa shape index (κ1) is 19.1. The number of rotatable bonds is 5. The van der Waals surface area contributed by atoms with E-state index in [4.69, 9.17) is 11.6 Å². The highest BCUT2D eigenvalue weighted by Crippen LogP contribution is 2.39. The van der Waals surface area contributed by atoms with Crippen LogP contribution in [-0.4, -0.2) is 35.1 Å². The Bertz CT molecular complexity index is 929. The fourth-order valence-corrected chi connectivity index (χ4v) is 5.12. The summed E-state index contributed by atoms with van der Waals surface area (Å²) in [5.74, 6) is 0.625. The average Bonchev–Trinajstić information content (AvgIpc) is 3.09. The number of halogens is 1. The smallest absolute Gasteiger partial charge is 0.244 e. The summed E-state index contributed by atoms with van der Waals surface area (Å²) >= 11 is 7.04. The van der Waals surface area contributed by atoms with Gasteiger partial charge >= 0.3 is 0 Å². The van der Waals surface area contributed by atoms with Gasteiger partial charge in [-0.15, -0.1) is 0 Å². The standard InChI is InChI=1S/C18H17ClN2O3S2/c1-2-25-18(22)16-9-11-21(17(16)13-4-3-10-20-12-13)26(23,24)15-7-5-14(19)6-8-15/h3-10,12,17H,2,11H2,1H3. The lowest BCUT2D eigenvalue weighted by molar-refractivity contribution is -0.108. The number of carbonyl (C=O) groups is 1. The van der Waals surface area contributed by atoms with Gasteiger partial charge in [0.15, 0.2) is 0 Å². The molecule has 26 heavy (non-hydrogen) atoms. The van der Waals surface area contributed by atoms with E-state index in [1.165, 1.54) is 40.3 Å². The van der Waals surface area contributed by atoms with Crippen LogP contribution in [0.1, 0.15) is 18.5 Å². The molecule has 2 heterocycles. The van der Waals surface area contributed by atoms with Gasteiger partial charge in [0, 0.05) is 29.5 Å². The highest BCUT2D eigenvalue weighted by Gasteiger charge is 2.40. The van der Waals surface area contributed by atoms with Crippen molar-refractivity contribution in [2.24, 2.45) is 0 Å². The monoisotopic (exact) mass is 408 g/mol. The summed E-state index contributed by atoms with van der Waals surface area (Å²) < 4.78 is 27.7. The Morgan fingerprint density at radius 2 is 2.04 bits per heavy atom. The molecule has 1 aromatic heterocycles. The fraction of sp³-hybridized carbons (Fsp3) is 0.222. The Hall–Kier alpha value is -1.67. The van der Waals surface area contributed by atoms with Crippen molar-refractivity contribution in [3.63, 3.8) is 0 Å². The summed E-state index contributed by atoms with van der Waals surface area (Å²) in [5, 5.41) is 0.345. The van der Waals surface area contributed by atoms with E-state index < -0.39 is 16.1 Å². The van der Waals surface area contributed by atoms with E-state index in [1.54, 1.807) is 30.6 Å². The molecule has 8 heteroatoms. The zero-order chi connectivity index (χ0) is 18.7. The molecule has 3 rings (SSSR count). The first-order valence-corrected chi connectivity index (χ1v) is 10.8. The molecule has 0 N–H and O–H groups in total. The summed E-state index contributed by atoms with van der Waals surface area (Å²) in [6.07, 6.45) is 4.90. The molecular weight excluding hydrogens is 392 g/mol. The highest BCUT2D eigenvalue weighted by molar-refractivity contribution is 8.14. The molecule has 1 atom stereocenters.